The molecule has 0 N–H and O–H groups in total. The molecule has 1 aromatic rings. The van der Waals surface area contributed by atoms with Crippen LogP contribution in [0.15, 0.2) is 30.3 Å². The van der Waals surface area contributed by atoms with Gasteiger partial charge in [0.15, 0.2) is 0 Å². The second-order valence-electron chi connectivity index (χ2n) is 8.69. The summed E-state index contributed by atoms with van der Waals surface area (Å²) >= 11 is 9.07. The lowest BCUT2D eigenvalue weighted by molar-refractivity contribution is -0.870. The zero-order chi connectivity index (χ0) is 22.1. The first-order valence-electron chi connectivity index (χ1n) is 11.2. The number of nitrogens with zero attached hydrogens (tertiary/aromatic N) is 1. The third kappa shape index (κ3) is 20.5. The van der Waals surface area contributed by atoms with E-state index in [9.17, 15) is 4.79 Å². The molecule has 31 heavy (non-hydrogen) atoms. The minimum Gasteiger partial charge on any atom is -1.00 e. The molecule has 0 aliphatic rings. The van der Waals surface area contributed by atoms with Crippen LogP contribution < -0.4 is 24.0 Å². The molecule has 3 nitrogen and oxygen atoms in total. The number of unbranched alkanes of at least 4 members (excludes halogenated alkanes) is 7. The van der Waals surface area contributed by atoms with Crippen LogP contribution in [-0.4, -0.2) is 54.0 Å². The number of quaternary nitrogens is 1. The Morgan fingerprint density at radius 1 is 0.903 bits per heavy atom. The fraction of sp³-hybridized carbons (Fsp3) is 0.667. The van der Waals surface area contributed by atoms with Gasteiger partial charge in [-0.25, -0.2) is 0 Å². The van der Waals surface area contributed by atoms with Crippen molar-refractivity contribution in [1.29, 1.82) is 0 Å². The van der Waals surface area contributed by atoms with Crippen molar-refractivity contribution in [1.82, 2.24) is 0 Å². The van der Waals surface area contributed by atoms with Crippen LogP contribution in [0.4, 0.5) is 0 Å². The molecule has 0 aliphatic carbocycles. The Labute approximate surface area is 221 Å². The maximum absolute atomic E-state index is 11.7. The molecule has 0 aliphatic heterocycles. The summed E-state index contributed by atoms with van der Waals surface area (Å²) in [5.41, 5.74) is 1.34. The smallest absolute Gasteiger partial charge is 0.305 e. The summed E-state index contributed by atoms with van der Waals surface area (Å²) in [7, 11) is 6.31. The number of likely N-dealkylation sites (N-methyl/N-ethyl adjacent to an activating group) is 1. The molecule has 0 bridgehead atoms. The fourth-order valence-electron chi connectivity index (χ4n) is 2.85. The van der Waals surface area contributed by atoms with Crippen LogP contribution in [0.3, 0.4) is 0 Å². The highest BCUT2D eigenvalue weighted by Crippen LogP contribution is 2.23. The molecular weight excluding hydrogens is 557 g/mol. The van der Waals surface area contributed by atoms with Crippen molar-refractivity contribution in [3.05, 3.63) is 35.9 Å². The van der Waals surface area contributed by atoms with Gasteiger partial charge in [0.1, 0.15) is 16.7 Å². The van der Waals surface area contributed by atoms with E-state index in [2.05, 4.69) is 45.4 Å². The predicted octanol–water partition coefficient (Wildman–Crippen LogP) is 3.70. The summed E-state index contributed by atoms with van der Waals surface area (Å²) in [5.74, 6) is 2.07. The van der Waals surface area contributed by atoms with E-state index < -0.39 is 0 Å². The summed E-state index contributed by atoms with van der Waals surface area (Å²) in [4.78, 5) is 11.7. The van der Waals surface area contributed by atoms with Gasteiger partial charge in [-0.2, -0.15) is 0 Å². The van der Waals surface area contributed by atoms with Crippen LogP contribution in [0.1, 0.15) is 63.4 Å². The van der Waals surface area contributed by atoms with Crippen molar-refractivity contribution in [3.8, 4) is 0 Å². The molecule has 0 heterocycles. The van der Waals surface area contributed by atoms with Crippen molar-refractivity contribution in [2.24, 2.45) is 0 Å². The van der Waals surface area contributed by atoms with E-state index in [1.54, 1.807) is 11.8 Å². The first-order chi connectivity index (χ1) is 14.4. The Hall–Kier alpha value is 0.170. The van der Waals surface area contributed by atoms with Crippen molar-refractivity contribution in [3.63, 3.8) is 0 Å². The number of esters is 1. The lowest BCUT2D eigenvalue weighted by atomic mass is 10.1. The second kappa shape index (κ2) is 19.6. The van der Waals surface area contributed by atoms with Gasteiger partial charge in [0.25, 0.3) is 0 Å². The number of rotatable bonds is 16. The highest BCUT2D eigenvalue weighted by atomic mass is 127. The van der Waals surface area contributed by atoms with E-state index in [-0.39, 0.29) is 29.9 Å². The first kappa shape index (κ1) is 31.2. The number of hydrogen-bond acceptors (Lipinski definition) is 5. The van der Waals surface area contributed by atoms with Gasteiger partial charge in [0.2, 0.25) is 0 Å². The summed E-state index contributed by atoms with van der Waals surface area (Å²) in [6.07, 6.45) is 10.3. The Morgan fingerprint density at radius 3 is 2.10 bits per heavy atom. The van der Waals surface area contributed by atoms with E-state index in [0.717, 1.165) is 38.9 Å². The standard InChI is InChI=1S/C24H40NO2S3.HI/c1-25(2,3)18-19-27-23(26)17-13-8-6-4-5-7-9-14-20-29-24(28)30-21-22-15-11-10-12-16-22;/h10-12,15-16H,4-9,13-14,17-21H2,1-3H3;1H/q+1;/p-1. The number of carbonyl (C=O) groups excluding carboxylic acids is 1. The van der Waals surface area contributed by atoms with Crippen molar-refractivity contribution in [2.75, 3.05) is 40.0 Å². The summed E-state index contributed by atoms with van der Waals surface area (Å²) < 4.78 is 7.18. The van der Waals surface area contributed by atoms with Crippen LogP contribution in [0.25, 0.3) is 0 Å². The molecule has 0 saturated carbocycles. The fourth-order valence-corrected chi connectivity index (χ4v) is 5.03. The van der Waals surface area contributed by atoms with Crippen LogP contribution in [-0.2, 0) is 15.3 Å². The Bertz CT molecular complexity index is 594. The maximum atomic E-state index is 11.7. The van der Waals surface area contributed by atoms with Crippen molar-refractivity contribution in [2.45, 2.75) is 63.5 Å². The van der Waals surface area contributed by atoms with Gasteiger partial charge in [0, 0.05) is 12.2 Å². The first-order valence-corrected chi connectivity index (χ1v) is 13.5. The van der Waals surface area contributed by atoms with Gasteiger partial charge in [-0.3, -0.25) is 4.79 Å². The third-order valence-electron chi connectivity index (χ3n) is 4.72. The number of hydrogen-bond donors (Lipinski definition) is 0. The van der Waals surface area contributed by atoms with Crippen LogP contribution in [0.2, 0.25) is 0 Å². The average molecular weight is 598 g/mol. The number of benzene rings is 1. The van der Waals surface area contributed by atoms with Gasteiger partial charge in [-0.1, -0.05) is 81.1 Å². The summed E-state index contributed by atoms with van der Waals surface area (Å²) in [6.45, 7) is 1.39. The minimum atomic E-state index is -0.0409. The van der Waals surface area contributed by atoms with Crippen molar-refractivity contribution < 1.29 is 38.0 Å². The van der Waals surface area contributed by atoms with Crippen LogP contribution in [0.5, 0.6) is 0 Å². The summed E-state index contributed by atoms with van der Waals surface area (Å²) in [6, 6.07) is 10.5. The highest BCUT2D eigenvalue weighted by Gasteiger charge is 2.09. The average Bonchev–Trinajstić information content (AvgIpc) is 2.70. The van der Waals surface area contributed by atoms with Gasteiger partial charge in [0.05, 0.1) is 21.1 Å². The SMILES string of the molecule is C[N+](C)(C)CCOC(=O)CCCCCCCCCCSC(=S)SCc1ccccc1.[I-]. The van der Waals surface area contributed by atoms with Crippen LogP contribution in [0, 0.1) is 0 Å². The number of thioether (sulfide) groups is 2. The molecule has 0 radical (unpaired) electrons. The second-order valence-corrected chi connectivity index (χ2v) is 12.0. The van der Waals surface area contributed by atoms with E-state index in [0.29, 0.717) is 13.0 Å². The Balaban J connectivity index is 0.00000900. The monoisotopic (exact) mass is 597 g/mol. The van der Waals surface area contributed by atoms with E-state index >= 15 is 0 Å². The molecule has 7 heteroatoms. The Morgan fingerprint density at radius 2 is 1.48 bits per heavy atom. The van der Waals surface area contributed by atoms with E-state index in [4.69, 9.17) is 17.0 Å². The van der Waals surface area contributed by atoms with Gasteiger partial charge in [-0.05, 0) is 24.2 Å². The molecule has 0 unspecified atom stereocenters. The predicted molar refractivity (Wildman–Crippen MR) is 138 cm³/mol. The molecule has 0 fully saturated rings. The molecule has 0 amide bonds. The number of halogens is 1. The summed E-state index contributed by atoms with van der Waals surface area (Å²) in [5, 5.41) is 0. The molecule has 0 atom stereocenters. The number of ether oxygens (including phenoxy) is 1. The topological polar surface area (TPSA) is 26.3 Å². The number of carbonyl (C=O) groups is 1. The molecule has 0 aromatic heterocycles. The lowest BCUT2D eigenvalue weighted by Crippen LogP contribution is -3.00. The maximum Gasteiger partial charge on any atom is 0.305 e. The molecule has 1 rings (SSSR count). The molecule has 0 spiro atoms. The normalized spacial score (nSPS) is 11.1. The van der Waals surface area contributed by atoms with Gasteiger partial charge in [-0.15, -0.1) is 23.5 Å². The van der Waals surface area contributed by atoms with Crippen LogP contribution >= 0.6 is 35.7 Å². The van der Waals surface area contributed by atoms with Crippen molar-refractivity contribution >= 4 is 45.2 Å². The zero-order valence-corrected chi connectivity index (χ0v) is 24.1. The largest absolute Gasteiger partial charge is 1.00 e. The molecule has 0 saturated heterocycles. The molecular formula is C24H40INO2S3. The quantitative estimate of drug-likeness (QED) is 0.0953. The lowest BCUT2D eigenvalue weighted by Gasteiger charge is -2.23. The zero-order valence-electron chi connectivity index (χ0n) is 19.4. The van der Waals surface area contributed by atoms with Gasteiger partial charge < -0.3 is 33.2 Å². The van der Waals surface area contributed by atoms with Gasteiger partial charge >= 0.3 is 5.97 Å². The highest BCUT2D eigenvalue weighted by molar-refractivity contribution is 8.46. The Kier molecular flexibility index (Phi) is 19.7. The third-order valence-corrected chi connectivity index (χ3v) is 7.58. The van der Waals surface area contributed by atoms with E-state index in [1.165, 1.54) is 44.1 Å². The molecule has 178 valence electrons. The minimum absolute atomic E-state index is 0. The molecule has 1 aromatic carbocycles. The van der Waals surface area contributed by atoms with E-state index in [1.807, 2.05) is 17.8 Å². The number of thiocarbonyl (C=S) groups is 1.